The number of anilines is 2. The zero-order valence-electron chi connectivity index (χ0n) is 25.6. The first-order valence-electron chi connectivity index (χ1n) is 14.8. The van der Waals surface area contributed by atoms with Crippen molar-refractivity contribution in [2.24, 2.45) is 5.73 Å². The van der Waals surface area contributed by atoms with Crippen molar-refractivity contribution in [1.29, 1.82) is 5.26 Å². The standard InChI is InChI=1S/C35H35N5O6/c1-44-33(41)30-29(24-11-7-4-8-12-24)28(21-36)32(37)40(31(30)34(42)45-2)27-15-13-25(14-16-27)38-26-17-19-39(20-18-26)35(43)46-22-23-9-5-3-6-10-23/h3-16,26,29,38H,17-20,22,37H2,1-2H3. The normalized spacial score (nSPS) is 16.8. The van der Waals surface area contributed by atoms with Gasteiger partial charge in [-0.3, -0.25) is 4.90 Å². The van der Waals surface area contributed by atoms with E-state index in [1.165, 1.54) is 19.1 Å². The lowest BCUT2D eigenvalue weighted by Gasteiger charge is -2.36. The van der Waals surface area contributed by atoms with Gasteiger partial charge < -0.3 is 30.2 Å². The lowest BCUT2D eigenvalue weighted by molar-refractivity contribution is -0.139. The highest BCUT2D eigenvalue weighted by Gasteiger charge is 2.43. The molecule has 2 aliphatic heterocycles. The summed E-state index contributed by atoms with van der Waals surface area (Å²) in [5, 5.41) is 13.7. The van der Waals surface area contributed by atoms with Crippen LogP contribution in [0.2, 0.25) is 0 Å². The molecular weight excluding hydrogens is 586 g/mol. The Labute approximate surface area is 267 Å². The molecule has 5 rings (SSSR count). The molecule has 1 atom stereocenters. The highest BCUT2D eigenvalue weighted by atomic mass is 16.6. The summed E-state index contributed by atoms with van der Waals surface area (Å²) in [4.78, 5) is 42.1. The number of esters is 2. The molecule has 0 spiro atoms. The molecule has 46 heavy (non-hydrogen) atoms. The van der Waals surface area contributed by atoms with Crippen LogP contribution in [0.1, 0.15) is 29.9 Å². The third-order valence-corrected chi connectivity index (χ3v) is 8.06. The molecule has 2 heterocycles. The van der Waals surface area contributed by atoms with Gasteiger partial charge in [-0.05, 0) is 48.2 Å². The summed E-state index contributed by atoms with van der Waals surface area (Å²) >= 11 is 0. The maximum atomic E-state index is 13.3. The van der Waals surface area contributed by atoms with Crippen molar-refractivity contribution in [1.82, 2.24) is 4.90 Å². The minimum atomic E-state index is -0.938. The smallest absolute Gasteiger partial charge is 0.410 e. The van der Waals surface area contributed by atoms with Crippen LogP contribution in [0.25, 0.3) is 0 Å². The van der Waals surface area contributed by atoms with E-state index < -0.39 is 17.9 Å². The van der Waals surface area contributed by atoms with Gasteiger partial charge in [0.1, 0.15) is 18.1 Å². The average molecular weight is 622 g/mol. The van der Waals surface area contributed by atoms with Crippen LogP contribution >= 0.6 is 0 Å². The number of likely N-dealkylation sites (tertiary alicyclic amines) is 1. The minimum Gasteiger partial charge on any atom is -0.466 e. The predicted octanol–water partition coefficient (Wildman–Crippen LogP) is 4.80. The number of nitriles is 1. The van der Waals surface area contributed by atoms with E-state index in [0.717, 1.165) is 24.1 Å². The first-order valence-corrected chi connectivity index (χ1v) is 14.8. The molecule has 0 bridgehead atoms. The second-order valence-electron chi connectivity index (χ2n) is 10.8. The zero-order valence-corrected chi connectivity index (χ0v) is 25.6. The molecule has 1 saturated heterocycles. The lowest BCUT2D eigenvalue weighted by Crippen LogP contribution is -2.42. The summed E-state index contributed by atoms with van der Waals surface area (Å²) < 4.78 is 15.7. The molecule has 11 heteroatoms. The summed E-state index contributed by atoms with van der Waals surface area (Å²) in [5.74, 6) is -2.53. The van der Waals surface area contributed by atoms with E-state index >= 15 is 0 Å². The Balaban J connectivity index is 1.33. The van der Waals surface area contributed by atoms with Crippen LogP contribution in [0.15, 0.2) is 108 Å². The summed E-state index contributed by atoms with van der Waals surface area (Å²) in [5.41, 5.74) is 9.29. The summed E-state index contributed by atoms with van der Waals surface area (Å²) in [6, 6.07) is 27.8. The number of hydrogen-bond acceptors (Lipinski definition) is 10. The van der Waals surface area contributed by atoms with Gasteiger partial charge >= 0.3 is 18.0 Å². The van der Waals surface area contributed by atoms with E-state index in [1.54, 1.807) is 47.4 Å². The van der Waals surface area contributed by atoms with Crippen LogP contribution in [0.4, 0.5) is 16.2 Å². The molecule has 3 aromatic rings. The Morgan fingerprint density at radius 1 is 0.891 bits per heavy atom. The number of methoxy groups -OCH3 is 2. The van der Waals surface area contributed by atoms with E-state index in [-0.39, 0.29) is 41.4 Å². The fourth-order valence-corrected chi connectivity index (χ4v) is 5.74. The number of nitrogens with one attached hydrogen (secondary N) is 1. The quantitative estimate of drug-likeness (QED) is 0.266. The Kier molecular flexibility index (Phi) is 9.87. The maximum Gasteiger partial charge on any atom is 0.410 e. The molecule has 1 fully saturated rings. The van der Waals surface area contributed by atoms with Crippen molar-refractivity contribution in [3.05, 3.63) is 119 Å². The fraction of sp³-hybridized carbons (Fsp3) is 0.257. The number of carbonyl (C=O) groups is 3. The first-order chi connectivity index (χ1) is 22.4. The average Bonchev–Trinajstić information content (AvgIpc) is 3.11. The van der Waals surface area contributed by atoms with Crippen LogP contribution in [0.3, 0.4) is 0 Å². The summed E-state index contributed by atoms with van der Waals surface area (Å²) in [7, 11) is 2.42. The Bertz CT molecular complexity index is 1670. The van der Waals surface area contributed by atoms with Crippen LogP contribution in [0, 0.1) is 11.3 Å². The number of hydrogen-bond donors (Lipinski definition) is 2. The highest BCUT2D eigenvalue weighted by Crippen LogP contribution is 2.43. The van der Waals surface area contributed by atoms with Gasteiger partial charge in [-0.15, -0.1) is 0 Å². The van der Waals surface area contributed by atoms with E-state index in [0.29, 0.717) is 24.3 Å². The monoisotopic (exact) mass is 621 g/mol. The molecule has 2 aliphatic rings. The number of rotatable bonds is 8. The van der Waals surface area contributed by atoms with Crippen molar-refractivity contribution in [2.75, 3.05) is 37.5 Å². The molecule has 0 aliphatic carbocycles. The van der Waals surface area contributed by atoms with Crippen molar-refractivity contribution >= 4 is 29.4 Å². The molecule has 3 N–H and O–H groups in total. The second kappa shape index (κ2) is 14.3. The zero-order chi connectivity index (χ0) is 32.6. The molecule has 0 radical (unpaired) electrons. The Hall–Kier alpha value is -5.76. The number of nitrogens with two attached hydrogens (primary N) is 1. The first kappa shape index (κ1) is 31.7. The van der Waals surface area contributed by atoms with Crippen molar-refractivity contribution in [3.63, 3.8) is 0 Å². The van der Waals surface area contributed by atoms with Crippen LogP contribution in [0.5, 0.6) is 0 Å². The van der Waals surface area contributed by atoms with Gasteiger partial charge in [0.2, 0.25) is 0 Å². The number of amides is 1. The molecule has 3 aromatic carbocycles. The van der Waals surface area contributed by atoms with Gasteiger partial charge in [0, 0.05) is 30.5 Å². The number of carbonyl (C=O) groups excluding carboxylic acids is 3. The van der Waals surface area contributed by atoms with Crippen LogP contribution in [-0.2, 0) is 30.4 Å². The molecule has 11 nitrogen and oxygen atoms in total. The van der Waals surface area contributed by atoms with Crippen molar-refractivity contribution in [2.45, 2.75) is 31.4 Å². The van der Waals surface area contributed by atoms with Gasteiger partial charge in [0.15, 0.2) is 0 Å². The highest BCUT2D eigenvalue weighted by molar-refractivity contribution is 6.06. The van der Waals surface area contributed by atoms with Crippen LogP contribution in [-0.4, -0.2) is 56.3 Å². The number of nitrogens with zero attached hydrogens (tertiary/aromatic N) is 3. The minimum absolute atomic E-state index is 0.00311. The Morgan fingerprint density at radius 3 is 2.09 bits per heavy atom. The molecule has 1 unspecified atom stereocenters. The largest absolute Gasteiger partial charge is 0.466 e. The maximum absolute atomic E-state index is 13.3. The Morgan fingerprint density at radius 2 is 1.50 bits per heavy atom. The molecular formula is C35H35N5O6. The van der Waals surface area contributed by atoms with Gasteiger partial charge in [-0.1, -0.05) is 60.7 Å². The van der Waals surface area contributed by atoms with Gasteiger partial charge in [0.25, 0.3) is 0 Å². The van der Waals surface area contributed by atoms with E-state index in [2.05, 4.69) is 11.4 Å². The SMILES string of the molecule is COC(=O)C1=C(C(=O)OC)N(c2ccc(NC3CCN(C(=O)OCc4ccccc4)CC3)cc2)C(N)=C(C#N)C1c1ccccc1. The molecule has 0 aromatic heterocycles. The lowest BCUT2D eigenvalue weighted by atomic mass is 9.81. The van der Waals surface area contributed by atoms with Gasteiger partial charge in [0.05, 0.1) is 37.4 Å². The van der Waals surface area contributed by atoms with E-state index in [9.17, 15) is 19.6 Å². The number of ether oxygens (including phenoxy) is 3. The number of piperidine rings is 1. The topological polar surface area (TPSA) is 147 Å². The van der Waals surface area contributed by atoms with Crippen LogP contribution < -0.4 is 16.0 Å². The molecule has 236 valence electrons. The van der Waals surface area contributed by atoms with Crippen molar-refractivity contribution < 1.29 is 28.6 Å². The predicted molar refractivity (Wildman–Crippen MR) is 171 cm³/mol. The third kappa shape index (κ3) is 6.66. The number of benzene rings is 3. The second-order valence-corrected chi connectivity index (χ2v) is 10.8. The van der Waals surface area contributed by atoms with E-state index in [4.69, 9.17) is 19.9 Å². The number of allylic oxidation sites excluding steroid dienone is 1. The summed E-state index contributed by atoms with van der Waals surface area (Å²) in [6.45, 7) is 1.35. The molecule has 1 amide bonds. The molecule has 0 saturated carbocycles. The fourth-order valence-electron chi connectivity index (χ4n) is 5.74. The van der Waals surface area contributed by atoms with E-state index in [1.807, 2.05) is 42.5 Å². The summed E-state index contributed by atoms with van der Waals surface area (Å²) in [6.07, 6.45) is 1.13. The van der Waals surface area contributed by atoms with Gasteiger partial charge in [-0.2, -0.15) is 5.26 Å². The van der Waals surface area contributed by atoms with Gasteiger partial charge in [-0.25, -0.2) is 14.4 Å². The van der Waals surface area contributed by atoms with Crippen molar-refractivity contribution in [3.8, 4) is 6.07 Å². The third-order valence-electron chi connectivity index (χ3n) is 8.06.